The van der Waals surface area contributed by atoms with Gasteiger partial charge in [-0.25, -0.2) is 9.67 Å². The predicted molar refractivity (Wildman–Crippen MR) is 77.8 cm³/mol. The van der Waals surface area contributed by atoms with E-state index in [1.165, 1.54) is 0 Å². The maximum absolute atomic E-state index is 5.30. The van der Waals surface area contributed by atoms with Gasteiger partial charge in [-0.15, -0.1) is 5.10 Å². The van der Waals surface area contributed by atoms with Crippen LogP contribution in [0.25, 0.3) is 0 Å². The van der Waals surface area contributed by atoms with Crippen LogP contribution >= 0.6 is 0 Å². The third kappa shape index (κ3) is 3.69. The second-order valence-corrected chi connectivity index (χ2v) is 5.50. The van der Waals surface area contributed by atoms with Crippen LogP contribution in [0, 0.1) is 0 Å². The Labute approximate surface area is 119 Å². The van der Waals surface area contributed by atoms with Crippen molar-refractivity contribution in [2.75, 3.05) is 11.9 Å². The molecule has 0 radical (unpaired) electrons. The maximum atomic E-state index is 5.30. The van der Waals surface area contributed by atoms with Crippen molar-refractivity contribution in [3.8, 4) is 5.88 Å². The highest BCUT2D eigenvalue weighted by Crippen LogP contribution is 2.14. The SMILES string of the molecule is CCOc1ccc(NCc2cn(C(C)(C)C)nn2)cn1. The summed E-state index contributed by atoms with van der Waals surface area (Å²) >= 11 is 0. The number of nitrogens with one attached hydrogen (secondary N) is 1. The van der Waals surface area contributed by atoms with Crippen LogP contribution in [0.5, 0.6) is 5.88 Å². The number of pyridine rings is 1. The van der Waals surface area contributed by atoms with E-state index in [1.54, 1.807) is 6.20 Å². The van der Waals surface area contributed by atoms with Gasteiger partial charge in [-0.1, -0.05) is 5.21 Å². The molecule has 108 valence electrons. The maximum Gasteiger partial charge on any atom is 0.213 e. The lowest BCUT2D eigenvalue weighted by atomic mass is 10.1. The second kappa shape index (κ2) is 5.90. The van der Waals surface area contributed by atoms with E-state index < -0.39 is 0 Å². The lowest BCUT2D eigenvalue weighted by Crippen LogP contribution is -2.22. The topological polar surface area (TPSA) is 64.9 Å². The van der Waals surface area contributed by atoms with Crippen LogP contribution in [0.3, 0.4) is 0 Å². The second-order valence-electron chi connectivity index (χ2n) is 5.50. The highest BCUT2D eigenvalue weighted by Gasteiger charge is 2.14. The van der Waals surface area contributed by atoms with Gasteiger partial charge in [0.25, 0.3) is 0 Å². The van der Waals surface area contributed by atoms with E-state index in [9.17, 15) is 0 Å². The molecule has 2 aromatic heterocycles. The van der Waals surface area contributed by atoms with Crippen LogP contribution < -0.4 is 10.1 Å². The van der Waals surface area contributed by atoms with E-state index in [0.717, 1.165) is 11.4 Å². The first-order valence-electron chi connectivity index (χ1n) is 6.73. The van der Waals surface area contributed by atoms with Crippen LogP contribution in [-0.2, 0) is 12.1 Å². The molecule has 0 aliphatic rings. The third-order valence-electron chi connectivity index (χ3n) is 2.73. The molecule has 0 fully saturated rings. The van der Waals surface area contributed by atoms with Gasteiger partial charge in [0.1, 0.15) is 5.69 Å². The first-order valence-corrected chi connectivity index (χ1v) is 6.73. The summed E-state index contributed by atoms with van der Waals surface area (Å²) < 4.78 is 7.16. The van der Waals surface area contributed by atoms with Gasteiger partial charge in [0.05, 0.1) is 36.8 Å². The quantitative estimate of drug-likeness (QED) is 0.908. The first kappa shape index (κ1) is 14.3. The Balaban J connectivity index is 1.93. The van der Waals surface area contributed by atoms with E-state index in [-0.39, 0.29) is 5.54 Å². The van der Waals surface area contributed by atoms with Crippen LogP contribution in [0.1, 0.15) is 33.4 Å². The molecule has 6 nitrogen and oxygen atoms in total. The van der Waals surface area contributed by atoms with Crippen molar-refractivity contribution in [3.63, 3.8) is 0 Å². The van der Waals surface area contributed by atoms with E-state index in [1.807, 2.05) is 29.9 Å². The number of ether oxygens (including phenoxy) is 1. The summed E-state index contributed by atoms with van der Waals surface area (Å²) in [6.45, 7) is 9.45. The number of anilines is 1. The Bertz CT molecular complexity index is 541. The summed E-state index contributed by atoms with van der Waals surface area (Å²) in [5.74, 6) is 0.636. The third-order valence-corrected chi connectivity index (χ3v) is 2.73. The van der Waals surface area contributed by atoms with E-state index in [4.69, 9.17) is 4.74 Å². The van der Waals surface area contributed by atoms with E-state index >= 15 is 0 Å². The van der Waals surface area contributed by atoms with Crippen molar-refractivity contribution in [2.24, 2.45) is 0 Å². The summed E-state index contributed by atoms with van der Waals surface area (Å²) in [6.07, 6.45) is 3.70. The molecular formula is C14H21N5O. The standard InChI is InChI=1S/C14H21N5O/c1-5-20-13-7-6-11(8-16-13)15-9-12-10-19(18-17-12)14(2,3)4/h6-8,10,15H,5,9H2,1-4H3. The van der Waals surface area contributed by atoms with Gasteiger partial charge in [0, 0.05) is 6.07 Å². The molecule has 2 rings (SSSR count). The molecule has 0 aromatic carbocycles. The fraction of sp³-hybridized carbons (Fsp3) is 0.500. The molecule has 0 unspecified atom stereocenters. The Morgan fingerprint density at radius 1 is 1.30 bits per heavy atom. The van der Waals surface area contributed by atoms with Crippen LogP contribution in [0.4, 0.5) is 5.69 Å². The largest absolute Gasteiger partial charge is 0.478 e. The van der Waals surface area contributed by atoms with Crippen molar-refractivity contribution in [1.29, 1.82) is 0 Å². The van der Waals surface area contributed by atoms with Crippen molar-refractivity contribution in [2.45, 2.75) is 39.8 Å². The summed E-state index contributed by atoms with van der Waals surface area (Å²) in [5, 5.41) is 11.5. The molecule has 0 bridgehead atoms. The van der Waals surface area contributed by atoms with Gasteiger partial charge < -0.3 is 10.1 Å². The summed E-state index contributed by atoms with van der Waals surface area (Å²) in [7, 11) is 0. The normalized spacial score (nSPS) is 11.4. The molecular weight excluding hydrogens is 254 g/mol. The summed E-state index contributed by atoms with van der Waals surface area (Å²) in [5.41, 5.74) is 1.78. The van der Waals surface area contributed by atoms with Crippen LogP contribution in [0.2, 0.25) is 0 Å². The van der Waals surface area contributed by atoms with Crippen molar-refractivity contribution >= 4 is 5.69 Å². The molecule has 0 spiro atoms. The minimum absolute atomic E-state index is 0.0497. The number of hydrogen-bond donors (Lipinski definition) is 1. The monoisotopic (exact) mass is 275 g/mol. The Morgan fingerprint density at radius 2 is 2.10 bits per heavy atom. The molecule has 0 atom stereocenters. The molecule has 6 heteroatoms. The van der Waals surface area contributed by atoms with Gasteiger partial charge in [0.2, 0.25) is 5.88 Å². The molecule has 1 N–H and O–H groups in total. The smallest absolute Gasteiger partial charge is 0.213 e. The highest BCUT2D eigenvalue weighted by atomic mass is 16.5. The molecule has 0 saturated carbocycles. The van der Waals surface area contributed by atoms with Crippen molar-refractivity contribution < 1.29 is 4.74 Å². The minimum atomic E-state index is -0.0497. The Morgan fingerprint density at radius 3 is 2.65 bits per heavy atom. The zero-order chi connectivity index (χ0) is 14.6. The van der Waals surface area contributed by atoms with E-state index in [2.05, 4.69) is 41.4 Å². The molecule has 0 aliphatic heterocycles. The number of rotatable bonds is 5. The highest BCUT2D eigenvalue weighted by molar-refractivity contribution is 5.42. The first-order chi connectivity index (χ1) is 9.49. The van der Waals surface area contributed by atoms with Gasteiger partial charge in [-0.05, 0) is 33.8 Å². The molecule has 2 aromatic rings. The van der Waals surface area contributed by atoms with Gasteiger partial charge in [-0.3, -0.25) is 0 Å². The molecule has 0 aliphatic carbocycles. The molecule has 0 saturated heterocycles. The lowest BCUT2D eigenvalue weighted by molar-refractivity contribution is 0.327. The van der Waals surface area contributed by atoms with Crippen LogP contribution in [-0.4, -0.2) is 26.6 Å². The zero-order valence-corrected chi connectivity index (χ0v) is 12.4. The molecule has 20 heavy (non-hydrogen) atoms. The lowest BCUT2D eigenvalue weighted by Gasteiger charge is -2.17. The summed E-state index contributed by atoms with van der Waals surface area (Å²) in [4.78, 5) is 4.20. The number of aromatic nitrogens is 4. The fourth-order valence-corrected chi connectivity index (χ4v) is 1.62. The molecule has 0 amide bonds. The minimum Gasteiger partial charge on any atom is -0.478 e. The summed E-state index contributed by atoms with van der Waals surface area (Å²) in [6, 6.07) is 3.78. The fourth-order valence-electron chi connectivity index (χ4n) is 1.62. The average Bonchev–Trinajstić information content (AvgIpc) is 2.87. The van der Waals surface area contributed by atoms with Crippen LogP contribution in [0.15, 0.2) is 24.5 Å². The van der Waals surface area contributed by atoms with Crippen molar-refractivity contribution in [3.05, 3.63) is 30.2 Å². The van der Waals surface area contributed by atoms with Crippen molar-refractivity contribution in [1.82, 2.24) is 20.0 Å². The number of nitrogens with zero attached hydrogens (tertiary/aromatic N) is 4. The predicted octanol–water partition coefficient (Wildman–Crippen LogP) is 2.44. The Kier molecular flexibility index (Phi) is 4.22. The molecule has 2 heterocycles. The van der Waals surface area contributed by atoms with Gasteiger partial charge >= 0.3 is 0 Å². The number of hydrogen-bond acceptors (Lipinski definition) is 5. The van der Waals surface area contributed by atoms with Gasteiger partial charge in [0.15, 0.2) is 0 Å². The van der Waals surface area contributed by atoms with E-state index in [0.29, 0.717) is 19.0 Å². The Hall–Kier alpha value is -2.11. The zero-order valence-electron chi connectivity index (χ0n) is 12.4. The van der Waals surface area contributed by atoms with Gasteiger partial charge in [-0.2, -0.15) is 0 Å². The average molecular weight is 275 g/mol.